The van der Waals surface area contributed by atoms with Crippen molar-refractivity contribution in [3.8, 4) is 5.82 Å². The number of hydrogen-bond donors (Lipinski definition) is 3. The van der Waals surface area contributed by atoms with Gasteiger partial charge >= 0.3 is 12.1 Å². The van der Waals surface area contributed by atoms with Crippen LogP contribution >= 0.6 is 11.6 Å². The molecule has 0 saturated carbocycles. The molecular weight excluding hydrogens is 587 g/mol. The van der Waals surface area contributed by atoms with Gasteiger partial charge < -0.3 is 25.5 Å². The number of amides is 1. The lowest BCUT2D eigenvalue weighted by molar-refractivity contribution is -0.192. The average molecular weight is 618 g/mol. The summed E-state index contributed by atoms with van der Waals surface area (Å²) in [5, 5.41) is 19.6. The Bertz CT molecular complexity index is 1540. The third-order valence-corrected chi connectivity index (χ3v) is 7.05. The zero-order valence-electron chi connectivity index (χ0n) is 23.3. The van der Waals surface area contributed by atoms with E-state index < -0.39 is 12.1 Å². The molecule has 3 heterocycles. The van der Waals surface area contributed by atoms with Gasteiger partial charge in [-0.05, 0) is 62.5 Å². The van der Waals surface area contributed by atoms with Gasteiger partial charge in [0.2, 0.25) is 0 Å². The predicted octanol–water partition coefficient (Wildman–Crippen LogP) is 4.82. The summed E-state index contributed by atoms with van der Waals surface area (Å²) in [6, 6.07) is 17.2. The van der Waals surface area contributed by atoms with Crippen LogP contribution in [0.3, 0.4) is 0 Å². The Kier molecular flexibility index (Phi) is 10.6. The number of piperazine rings is 1. The molecule has 0 atom stereocenters. The summed E-state index contributed by atoms with van der Waals surface area (Å²) >= 11 is 6.26. The number of hydrogen-bond acceptors (Lipinski definition) is 7. The van der Waals surface area contributed by atoms with E-state index in [9.17, 15) is 18.0 Å². The van der Waals surface area contributed by atoms with Crippen molar-refractivity contribution in [3.05, 3.63) is 77.6 Å². The SMILES string of the molecule is CN1CCN(CCCNC(=O)c2ccc(-n3ncc4cc(Nc5ccccc5Cl)ccc43)nc2)CC1.O=C(O)C(F)(F)F. The monoisotopic (exact) mass is 617 g/mol. The lowest BCUT2D eigenvalue weighted by Gasteiger charge is -2.32. The summed E-state index contributed by atoms with van der Waals surface area (Å²) in [4.78, 5) is 30.7. The number of carbonyl (C=O) groups excluding carboxylic acids is 1. The first-order valence-electron chi connectivity index (χ1n) is 13.5. The quantitative estimate of drug-likeness (QED) is 0.241. The molecule has 0 unspecified atom stereocenters. The van der Waals surface area contributed by atoms with Crippen LogP contribution in [0.25, 0.3) is 16.7 Å². The van der Waals surface area contributed by atoms with Crippen LogP contribution < -0.4 is 10.6 Å². The van der Waals surface area contributed by atoms with E-state index in [0.29, 0.717) is 22.9 Å². The third-order valence-electron chi connectivity index (χ3n) is 6.72. The van der Waals surface area contributed by atoms with E-state index in [2.05, 4.69) is 37.6 Å². The molecule has 3 N–H and O–H groups in total. The molecule has 10 nitrogen and oxygen atoms in total. The van der Waals surface area contributed by atoms with Crippen molar-refractivity contribution in [2.45, 2.75) is 12.6 Å². The molecule has 2 aromatic carbocycles. The first-order valence-corrected chi connectivity index (χ1v) is 13.8. The van der Waals surface area contributed by atoms with Gasteiger partial charge in [-0.15, -0.1) is 0 Å². The van der Waals surface area contributed by atoms with Gasteiger partial charge in [0, 0.05) is 50.0 Å². The first-order chi connectivity index (χ1) is 20.5. The van der Waals surface area contributed by atoms with Gasteiger partial charge in [0.05, 0.1) is 28.0 Å². The number of rotatable bonds is 8. The number of carbonyl (C=O) groups is 2. The number of benzene rings is 2. The molecule has 1 fully saturated rings. The molecule has 0 radical (unpaired) electrons. The lowest BCUT2D eigenvalue weighted by Crippen LogP contribution is -2.45. The highest BCUT2D eigenvalue weighted by Gasteiger charge is 2.38. The molecule has 228 valence electrons. The number of fused-ring (bicyclic) bond motifs is 1. The van der Waals surface area contributed by atoms with Gasteiger partial charge in [-0.2, -0.15) is 18.3 Å². The number of anilines is 2. The smallest absolute Gasteiger partial charge is 0.475 e. The third kappa shape index (κ3) is 8.89. The second kappa shape index (κ2) is 14.3. The van der Waals surface area contributed by atoms with Crippen molar-refractivity contribution in [3.63, 3.8) is 0 Å². The maximum Gasteiger partial charge on any atom is 0.490 e. The van der Waals surface area contributed by atoms with E-state index in [1.807, 2.05) is 48.5 Å². The lowest BCUT2D eigenvalue weighted by atomic mass is 10.2. The van der Waals surface area contributed by atoms with E-state index >= 15 is 0 Å². The highest BCUT2D eigenvalue weighted by atomic mass is 35.5. The Labute approximate surface area is 251 Å². The van der Waals surface area contributed by atoms with E-state index in [1.165, 1.54) is 0 Å². The standard InChI is InChI=1S/C27H30ClN7O.C2HF3O2/c1-33-13-15-34(16-14-33)12-4-11-29-27(36)20-7-10-26(30-18-20)35-25-9-8-22(17-21(25)19-31-35)32-24-6-3-2-5-23(24)28;3-2(4,5)1(6)7/h2-3,5-10,17-19,32H,4,11-16H2,1H3,(H,29,36);(H,6,7). The molecule has 0 aliphatic carbocycles. The number of aliphatic carboxylic acids is 1. The van der Waals surface area contributed by atoms with Crippen molar-refractivity contribution in [2.24, 2.45) is 0 Å². The van der Waals surface area contributed by atoms with Gasteiger partial charge in [0.15, 0.2) is 5.82 Å². The summed E-state index contributed by atoms with van der Waals surface area (Å²) in [6.45, 7) is 6.07. The second-order valence-corrected chi connectivity index (χ2v) is 10.3. The van der Waals surface area contributed by atoms with Gasteiger partial charge in [-0.1, -0.05) is 23.7 Å². The number of carboxylic acid groups (broad SMARTS) is 1. The van der Waals surface area contributed by atoms with Gasteiger partial charge in [0.1, 0.15) is 0 Å². The number of para-hydroxylation sites is 1. The number of halogens is 4. The van der Waals surface area contributed by atoms with Crippen LogP contribution in [0.5, 0.6) is 0 Å². The number of pyridine rings is 1. The summed E-state index contributed by atoms with van der Waals surface area (Å²) < 4.78 is 33.5. The highest BCUT2D eigenvalue weighted by Crippen LogP contribution is 2.27. The van der Waals surface area contributed by atoms with Gasteiger partial charge in [-0.3, -0.25) is 4.79 Å². The number of aromatic nitrogens is 3. The van der Waals surface area contributed by atoms with E-state index in [4.69, 9.17) is 21.5 Å². The van der Waals surface area contributed by atoms with Gasteiger partial charge in [0.25, 0.3) is 5.91 Å². The Morgan fingerprint density at radius 2 is 1.74 bits per heavy atom. The Morgan fingerprint density at radius 3 is 2.40 bits per heavy atom. The topological polar surface area (TPSA) is 116 Å². The van der Waals surface area contributed by atoms with E-state index in [-0.39, 0.29) is 5.91 Å². The van der Waals surface area contributed by atoms with Crippen molar-refractivity contribution >= 4 is 45.8 Å². The molecular formula is C29H31ClF3N7O3. The maximum atomic E-state index is 12.6. The van der Waals surface area contributed by atoms with Gasteiger partial charge in [-0.25, -0.2) is 14.5 Å². The normalized spacial score (nSPS) is 14.2. The average Bonchev–Trinajstić information content (AvgIpc) is 3.40. The van der Waals surface area contributed by atoms with E-state index in [0.717, 1.165) is 61.4 Å². The van der Waals surface area contributed by atoms with E-state index in [1.54, 1.807) is 23.1 Å². The fourth-order valence-corrected chi connectivity index (χ4v) is 4.52. The Balaban J connectivity index is 0.000000541. The summed E-state index contributed by atoms with van der Waals surface area (Å²) in [7, 11) is 2.16. The van der Waals surface area contributed by atoms with Crippen LogP contribution in [0.2, 0.25) is 5.02 Å². The van der Waals surface area contributed by atoms with Crippen LogP contribution in [0.4, 0.5) is 24.5 Å². The number of nitrogens with zero attached hydrogens (tertiary/aromatic N) is 5. The Hall–Kier alpha value is -4.20. The molecule has 1 amide bonds. The number of nitrogens with one attached hydrogen (secondary N) is 2. The Morgan fingerprint density at radius 1 is 1.02 bits per heavy atom. The summed E-state index contributed by atoms with van der Waals surface area (Å²) in [5.41, 5.74) is 3.23. The molecule has 2 aromatic heterocycles. The van der Waals surface area contributed by atoms with Crippen LogP contribution in [-0.2, 0) is 4.79 Å². The number of likely N-dealkylation sites (N-methyl/N-ethyl adjacent to an activating group) is 1. The molecule has 0 spiro atoms. The van der Waals surface area contributed by atoms with Crippen molar-refractivity contribution in [1.82, 2.24) is 29.9 Å². The second-order valence-electron chi connectivity index (χ2n) is 9.90. The van der Waals surface area contributed by atoms with Crippen molar-refractivity contribution in [1.29, 1.82) is 0 Å². The minimum absolute atomic E-state index is 0.104. The molecule has 43 heavy (non-hydrogen) atoms. The predicted molar refractivity (Wildman–Crippen MR) is 158 cm³/mol. The zero-order valence-corrected chi connectivity index (χ0v) is 24.1. The molecule has 1 saturated heterocycles. The largest absolute Gasteiger partial charge is 0.490 e. The molecule has 14 heteroatoms. The molecule has 0 bridgehead atoms. The van der Waals surface area contributed by atoms with Crippen LogP contribution in [0.15, 0.2) is 67.0 Å². The first kappa shape index (κ1) is 31.7. The van der Waals surface area contributed by atoms with Crippen LogP contribution in [-0.4, -0.2) is 94.0 Å². The van der Waals surface area contributed by atoms with Crippen LogP contribution in [0, 0.1) is 0 Å². The maximum absolute atomic E-state index is 12.6. The highest BCUT2D eigenvalue weighted by molar-refractivity contribution is 6.33. The molecule has 1 aliphatic heterocycles. The number of alkyl halides is 3. The molecule has 1 aliphatic rings. The zero-order chi connectivity index (χ0) is 31.0. The molecule has 4 aromatic rings. The fourth-order valence-electron chi connectivity index (χ4n) is 4.34. The summed E-state index contributed by atoms with van der Waals surface area (Å²) in [5.74, 6) is -2.20. The molecule has 5 rings (SSSR count). The van der Waals surface area contributed by atoms with Crippen LogP contribution in [0.1, 0.15) is 16.8 Å². The summed E-state index contributed by atoms with van der Waals surface area (Å²) in [6.07, 6.45) is -0.741. The number of carboxylic acids is 1. The van der Waals surface area contributed by atoms with Crippen molar-refractivity contribution < 1.29 is 27.9 Å². The fraction of sp³-hybridized carbons (Fsp3) is 0.310. The minimum Gasteiger partial charge on any atom is -0.475 e. The van der Waals surface area contributed by atoms with Crippen molar-refractivity contribution in [2.75, 3.05) is 51.6 Å². The minimum atomic E-state index is -5.08.